The van der Waals surface area contributed by atoms with E-state index in [2.05, 4.69) is 31.2 Å². The van der Waals surface area contributed by atoms with Crippen molar-refractivity contribution in [1.82, 2.24) is 14.7 Å². The lowest BCUT2D eigenvalue weighted by molar-refractivity contribution is -0.116. The van der Waals surface area contributed by atoms with Crippen molar-refractivity contribution in [2.45, 2.75) is 26.2 Å². The highest BCUT2D eigenvalue weighted by Gasteiger charge is 2.22. The monoisotopic (exact) mass is 430 g/mol. The van der Waals surface area contributed by atoms with Crippen molar-refractivity contribution in [1.29, 1.82) is 0 Å². The molecule has 0 bridgehead atoms. The van der Waals surface area contributed by atoms with Crippen LogP contribution in [0.1, 0.15) is 36.1 Å². The summed E-state index contributed by atoms with van der Waals surface area (Å²) in [5.41, 5.74) is 1.43. The number of halogens is 1. The molecule has 0 spiro atoms. The van der Waals surface area contributed by atoms with E-state index in [4.69, 9.17) is 11.6 Å². The lowest BCUT2D eigenvalue weighted by Crippen LogP contribution is -2.34. The topological polar surface area (TPSA) is 67.2 Å². The number of benzene rings is 1. The van der Waals surface area contributed by atoms with Crippen LogP contribution in [0.3, 0.4) is 0 Å². The number of amides is 2. The van der Waals surface area contributed by atoms with Crippen LogP contribution in [-0.2, 0) is 10.2 Å². The van der Waals surface area contributed by atoms with Crippen LogP contribution in [0, 0.1) is 0 Å². The molecule has 29 heavy (non-hydrogen) atoms. The second-order valence-electron chi connectivity index (χ2n) is 7.74. The first-order chi connectivity index (χ1) is 13.6. The molecule has 0 aliphatic carbocycles. The molecule has 0 radical (unpaired) electrons. The highest BCUT2D eigenvalue weighted by molar-refractivity contribution is 7.12. The van der Waals surface area contributed by atoms with Gasteiger partial charge in [-0.2, -0.15) is 5.10 Å². The van der Waals surface area contributed by atoms with E-state index in [0.29, 0.717) is 15.7 Å². The molecule has 1 aromatic carbocycles. The quantitative estimate of drug-likeness (QED) is 0.643. The molecule has 0 atom stereocenters. The molecular formula is C21H23ClN4O2S. The van der Waals surface area contributed by atoms with E-state index in [1.165, 1.54) is 16.2 Å². The van der Waals surface area contributed by atoms with Gasteiger partial charge in [0.2, 0.25) is 5.91 Å². The Morgan fingerprint density at radius 3 is 2.48 bits per heavy atom. The van der Waals surface area contributed by atoms with Gasteiger partial charge in [-0.05, 0) is 35.7 Å². The van der Waals surface area contributed by atoms with Gasteiger partial charge in [-0.25, -0.2) is 4.68 Å². The van der Waals surface area contributed by atoms with E-state index >= 15 is 0 Å². The van der Waals surface area contributed by atoms with Crippen molar-refractivity contribution in [3.8, 4) is 5.69 Å². The molecule has 8 heteroatoms. The van der Waals surface area contributed by atoms with Crippen LogP contribution in [0.5, 0.6) is 0 Å². The van der Waals surface area contributed by atoms with E-state index in [1.807, 2.05) is 29.6 Å². The second kappa shape index (κ2) is 8.39. The van der Waals surface area contributed by atoms with Crippen LogP contribution < -0.4 is 5.32 Å². The van der Waals surface area contributed by atoms with Crippen LogP contribution in [-0.4, -0.2) is 40.1 Å². The molecule has 1 N–H and O–H groups in total. The van der Waals surface area contributed by atoms with Gasteiger partial charge in [-0.3, -0.25) is 9.59 Å². The van der Waals surface area contributed by atoms with Crippen molar-refractivity contribution < 1.29 is 9.59 Å². The molecule has 152 valence electrons. The summed E-state index contributed by atoms with van der Waals surface area (Å²) in [6, 6.07) is 12.6. The van der Waals surface area contributed by atoms with E-state index in [0.717, 1.165) is 11.4 Å². The zero-order chi connectivity index (χ0) is 21.2. The smallest absolute Gasteiger partial charge is 0.264 e. The molecular weight excluding hydrogens is 408 g/mol. The van der Waals surface area contributed by atoms with E-state index in [-0.39, 0.29) is 23.8 Å². The molecule has 2 aromatic heterocycles. The fraction of sp³-hybridized carbons (Fsp3) is 0.286. The fourth-order valence-corrected chi connectivity index (χ4v) is 3.52. The first-order valence-corrected chi connectivity index (χ1v) is 10.4. The normalized spacial score (nSPS) is 11.3. The van der Waals surface area contributed by atoms with Gasteiger partial charge in [0.15, 0.2) is 0 Å². The van der Waals surface area contributed by atoms with Gasteiger partial charge in [-0.15, -0.1) is 11.3 Å². The van der Waals surface area contributed by atoms with Crippen LogP contribution in [0.15, 0.2) is 47.8 Å². The third-order valence-corrected chi connectivity index (χ3v) is 5.39. The summed E-state index contributed by atoms with van der Waals surface area (Å²) in [7, 11) is 1.61. The molecule has 3 rings (SSSR count). The first kappa shape index (κ1) is 21.1. The summed E-state index contributed by atoms with van der Waals surface area (Å²) < 4.78 is 1.68. The molecule has 6 nitrogen and oxygen atoms in total. The van der Waals surface area contributed by atoms with E-state index < -0.39 is 0 Å². The van der Waals surface area contributed by atoms with Gasteiger partial charge in [-0.1, -0.05) is 38.4 Å². The Labute approximate surface area is 179 Å². The lowest BCUT2D eigenvalue weighted by atomic mass is 9.92. The average Bonchev–Trinajstić information content (AvgIpc) is 3.31. The summed E-state index contributed by atoms with van der Waals surface area (Å²) >= 11 is 7.34. The Morgan fingerprint density at radius 2 is 1.90 bits per heavy atom. The van der Waals surface area contributed by atoms with E-state index in [1.54, 1.807) is 29.9 Å². The third kappa shape index (κ3) is 5.05. The Kier molecular flexibility index (Phi) is 6.10. The number of aromatic nitrogens is 2. The maximum Gasteiger partial charge on any atom is 0.264 e. The average molecular weight is 431 g/mol. The van der Waals surface area contributed by atoms with Crippen molar-refractivity contribution in [2.24, 2.45) is 0 Å². The van der Waals surface area contributed by atoms with Gasteiger partial charge in [0.25, 0.3) is 5.91 Å². The Balaban J connectivity index is 1.81. The molecule has 0 saturated heterocycles. The predicted molar refractivity (Wildman–Crippen MR) is 117 cm³/mol. The van der Waals surface area contributed by atoms with Gasteiger partial charge in [0.1, 0.15) is 5.82 Å². The molecule has 0 fully saturated rings. The number of nitrogens with one attached hydrogen (secondary N) is 1. The molecule has 2 amide bonds. The summed E-state index contributed by atoms with van der Waals surface area (Å²) in [4.78, 5) is 27.0. The Bertz CT molecular complexity index is 1000. The minimum Gasteiger partial charge on any atom is -0.332 e. The SMILES string of the molecule is CN(CC(=O)Nc1cc(C(C)(C)C)nn1-c1ccc(Cl)cc1)C(=O)c1cccs1. The van der Waals surface area contributed by atoms with Crippen molar-refractivity contribution >= 4 is 40.6 Å². The van der Waals surface area contributed by atoms with Gasteiger partial charge in [0.05, 0.1) is 22.8 Å². The van der Waals surface area contributed by atoms with E-state index in [9.17, 15) is 9.59 Å². The Morgan fingerprint density at radius 1 is 1.21 bits per heavy atom. The van der Waals surface area contributed by atoms with Crippen LogP contribution in [0.2, 0.25) is 5.02 Å². The minimum atomic E-state index is -0.298. The second-order valence-corrected chi connectivity index (χ2v) is 9.12. The summed E-state index contributed by atoms with van der Waals surface area (Å²) in [6.07, 6.45) is 0. The molecule has 0 saturated carbocycles. The predicted octanol–water partition coefficient (Wildman–Crippen LogP) is 4.60. The van der Waals surface area contributed by atoms with Gasteiger partial charge >= 0.3 is 0 Å². The van der Waals surface area contributed by atoms with Crippen molar-refractivity contribution in [2.75, 3.05) is 18.9 Å². The number of carbonyl (C=O) groups is 2. The molecule has 0 unspecified atom stereocenters. The zero-order valence-electron chi connectivity index (χ0n) is 16.8. The van der Waals surface area contributed by atoms with Crippen molar-refractivity contribution in [3.05, 3.63) is 63.4 Å². The first-order valence-electron chi connectivity index (χ1n) is 9.10. The number of nitrogens with zero attached hydrogens (tertiary/aromatic N) is 3. The number of likely N-dealkylation sites (N-methyl/N-ethyl adjacent to an activating group) is 1. The molecule has 0 aliphatic rings. The summed E-state index contributed by atoms with van der Waals surface area (Å²) in [5.74, 6) is 0.0592. The Hall–Kier alpha value is -2.64. The van der Waals surface area contributed by atoms with Crippen molar-refractivity contribution in [3.63, 3.8) is 0 Å². The lowest BCUT2D eigenvalue weighted by Gasteiger charge is -2.16. The summed E-state index contributed by atoms with van der Waals surface area (Å²) in [5, 5.41) is 10.0. The van der Waals surface area contributed by atoms with Gasteiger partial charge < -0.3 is 10.2 Å². The number of hydrogen-bond donors (Lipinski definition) is 1. The number of rotatable bonds is 5. The maximum absolute atomic E-state index is 12.6. The summed E-state index contributed by atoms with van der Waals surface area (Å²) in [6.45, 7) is 6.11. The molecule has 2 heterocycles. The van der Waals surface area contributed by atoms with Gasteiger partial charge in [0, 0.05) is 23.6 Å². The zero-order valence-corrected chi connectivity index (χ0v) is 18.3. The van der Waals surface area contributed by atoms with Crippen LogP contribution in [0.25, 0.3) is 5.69 Å². The van der Waals surface area contributed by atoms with Crippen LogP contribution >= 0.6 is 22.9 Å². The number of anilines is 1. The maximum atomic E-state index is 12.6. The third-order valence-electron chi connectivity index (χ3n) is 4.28. The fourth-order valence-electron chi connectivity index (χ4n) is 2.67. The minimum absolute atomic E-state index is 0.0621. The highest BCUT2D eigenvalue weighted by Crippen LogP contribution is 2.27. The highest BCUT2D eigenvalue weighted by atomic mass is 35.5. The number of carbonyl (C=O) groups excluding carboxylic acids is 2. The standard InChI is InChI=1S/C21H23ClN4O2S/c1-21(2,3)17-12-18(26(24-17)15-9-7-14(22)8-10-15)23-19(27)13-25(4)20(28)16-6-5-11-29-16/h5-12H,13H2,1-4H3,(H,23,27). The number of thiophene rings is 1. The largest absolute Gasteiger partial charge is 0.332 e. The van der Waals surface area contributed by atoms with Crippen LogP contribution in [0.4, 0.5) is 5.82 Å². The molecule has 0 aliphatic heterocycles. The molecule has 3 aromatic rings. The number of hydrogen-bond acceptors (Lipinski definition) is 4.